The zero-order chi connectivity index (χ0) is 17.5. The Morgan fingerprint density at radius 3 is 2.83 bits per heavy atom. The summed E-state index contributed by atoms with van der Waals surface area (Å²) < 4.78 is 7.24. The number of fused-ring (bicyclic) bond motifs is 1. The van der Waals surface area contributed by atoms with Crippen LogP contribution in [-0.2, 0) is 26.4 Å². The SMILES string of the molecule is CN(Cc1ccnn1C)C(=O)c1noc2c1CC(C(C)(C)C)CC2. The Labute approximate surface area is 142 Å². The van der Waals surface area contributed by atoms with Crippen molar-refractivity contribution in [3.05, 3.63) is 35.0 Å². The van der Waals surface area contributed by atoms with Crippen molar-refractivity contribution in [1.29, 1.82) is 0 Å². The molecule has 1 unspecified atom stereocenters. The van der Waals surface area contributed by atoms with Gasteiger partial charge < -0.3 is 9.42 Å². The molecule has 0 spiro atoms. The first kappa shape index (κ1) is 16.7. The molecule has 6 nitrogen and oxygen atoms in total. The highest BCUT2D eigenvalue weighted by Crippen LogP contribution is 2.38. The highest BCUT2D eigenvalue weighted by atomic mass is 16.5. The third-order valence-electron chi connectivity index (χ3n) is 5.14. The molecule has 3 rings (SSSR count). The molecule has 130 valence electrons. The van der Waals surface area contributed by atoms with Crippen molar-refractivity contribution in [3.63, 3.8) is 0 Å². The van der Waals surface area contributed by atoms with Gasteiger partial charge in [0.25, 0.3) is 5.91 Å². The van der Waals surface area contributed by atoms with Crippen LogP contribution in [0.1, 0.15) is 54.7 Å². The molecule has 0 bridgehead atoms. The molecule has 2 aromatic heterocycles. The van der Waals surface area contributed by atoms with Gasteiger partial charge in [-0.3, -0.25) is 9.48 Å². The monoisotopic (exact) mass is 330 g/mol. The third kappa shape index (κ3) is 3.09. The third-order valence-corrected chi connectivity index (χ3v) is 5.14. The average molecular weight is 330 g/mol. The first-order chi connectivity index (χ1) is 11.3. The van der Waals surface area contributed by atoms with E-state index in [1.165, 1.54) is 0 Å². The number of carbonyl (C=O) groups excluding carboxylic acids is 1. The predicted molar refractivity (Wildman–Crippen MR) is 90.5 cm³/mol. The van der Waals surface area contributed by atoms with Crippen molar-refractivity contribution in [3.8, 4) is 0 Å². The molecule has 6 heteroatoms. The Morgan fingerprint density at radius 2 is 2.21 bits per heavy atom. The molecular formula is C18H26N4O2. The smallest absolute Gasteiger partial charge is 0.276 e. The van der Waals surface area contributed by atoms with Gasteiger partial charge in [-0.2, -0.15) is 5.10 Å². The highest BCUT2D eigenvalue weighted by Gasteiger charge is 2.34. The second-order valence-electron chi connectivity index (χ2n) is 7.85. The van der Waals surface area contributed by atoms with Crippen LogP contribution in [0.5, 0.6) is 0 Å². The minimum atomic E-state index is -0.0873. The van der Waals surface area contributed by atoms with Crippen molar-refractivity contribution in [2.24, 2.45) is 18.4 Å². The lowest BCUT2D eigenvalue weighted by molar-refractivity contribution is 0.0770. The van der Waals surface area contributed by atoms with Gasteiger partial charge in [-0.05, 0) is 30.2 Å². The molecule has 0 aromatic carbocycles. The normalized spacial score (nSPS) is 17.6. The van der Waals surface area contributed by atoms with Gasteiger partial charge in [0.1, 0.15) is 5.76 Å². The number of carbonyl (C=O) groups is 1. The van der Waals surface area contributed by atoms with Crippen LogP contribution in [0.4, 0.5) is 0 Å². The fraction of sp³-hybridized carbons (Fsp3) is 0.611. The summed E-state index contributed by atoms with van der Waals surface area (Å²) in [5.74, 6) is 1.34. The maximum absolute atomic E-state index is 12.8. The lowest BCUT2D eigenvalue weighted by Gasteiger charge is -2.33. The van der Waals surface area contributed by atoms with Gasteiger partial charge in [0, 0.05) is 32.3 Å². The number of hydrogen-bond donors (Lipinski definition) is 0. The van der Waals surface area contributed by atoms with Crippen LogP contribution in [-0.4, -0.2) is 32.8 Å². The summed E-state index contributed by atoms with van der Waals surface area (Å²) in [6.45, 7) is 7.27. The number of aromatic nitrogens is 3. The molecule has 24 heavy (non-hydrogen) atoms. The Kier molecular flexibility index (Phi) is 4.24. The van der Waals surface area contributed by atoms with Crippen LogP contribution in [0.25, 0.3) is 0 Å². The molecular weight excluding hydrogens is 304 g/mol. The molecule has 1 atom stereocenters. The second-order valence-corrected chi connectivity index (χ2v) is 7.85. The molecule has 0 radical (unpaired) electrons. The number of aryl methyl sites for hydroxylation is 2. The number of nitrogens with zero attached hydrogens (tertiary/aromatic N) is 4. The van der Waals surface area contributed by atoms with E-state index in [1.807, 2.05) is 13.1 Å². The van der Waals surface area contributed by atoms with E-state index in [4.69, 9.17) is 4.52 Å². The molecule has 1 aliphatic rings. The van der Waals surface area contributed by atoms with E-state index in [0.717, 1.165) is 36.3 Å². The summed E-state index contributed by atoms with van der Waals surface area (Å²) in [6, 6.07) is 1.91. The van der Waals surface area contributed by atoms with E-state index in [-0.39, 0.29) is 11.3 Å². The summed E-state index contributed by atoms with van der Waals surface area (Å²) in [4.78, 5) is 14.5. The summed E-state index contributed by atoms with van der Waals surface area (Å²) in [5.41, 5.74) is 2.68. The minimum Gasteiger partial charge on any atom is -0.360 e. The molecule has 2 aromatic rings. The van der Waals surface area contributed by atoms with Gasteiger partial charge in [0.2, 0.25) is 0 Å². The standard InChI is InChI=1S/C18H26N4O2/c1-18(2,3)12-6-7-15-14(10-12)16(20-24-15)17(23)21(4)11-13-8-9-19-22(13)5/h8-9,12H,6-7,10-11H2,1-5H3. The van der Waals surface area contributed by atoms with Crippen molar-refractivity contribution in [1.82, 2.24) is 19.8 Å². The van der Waals surface area contributed by atoms with Crippen molar-refractivity contribution >= 4 is 5.91 Å². The highest BCUT2D eigenvalue weighted by molar-refractivity contribution is 5.93. The first-order valence-electron chi connectivity index (χ1n) is 8.47. The van der Waals surface area contributed by atoms with Gasteiger partial charge >= 0.3 is 0 Å². The molecule has 0 N–H and O–H groups in total. The Hall–Kier alpha value is -2.11. The molecule has 1 aliphatic carbocycles. The summed E-state index contributed by atoms with van der Waals surface area (Å²) in [7, 11) is 3.67. The van der Waals surface area contributed by atoms with Crippen LogP contribution in [0.2, 0.25) is 0 Å². The van der Waals surface area contributed by atoms with Crippen molar-refractivity contribution in [2.75, 3.05) is 7.05 Å². The Morgan fingerprint density at radius 1 is 1.46 bits per heavy atom. The predicted octanol–water partition coefficient (Wildman–Crippen LogP) is 2.83. The molecule has 0 fully saturated rings. The van der Waals surface area contributed by atoms with Crippen LogP contribution in [0, 0.1) is 11.3 Å². The topological polar surface area (TPSA) is 64.2 Å². The average Bonchev–Trinajstić information content (AvgIpc) is 3.11. The second kappa shape index (κ2) is 6.07. The van der Waals surface area contributed by atoms with Crippen molar-refractivity contribution in [2.45, 2.75) is 46.6 Å². The summed E-state index contributed by atoms with van der Waals surface area (Å²) >= 11 is 0. The Balaban J connectivity index is 1.80. The van der Waals surface area contributed by atoms with Crippen LogP contribution >= 0.6 is 0 Å². The fourth-order valence-corrected chi connectivity index (χ4v) is 3.36. The molecule has 1 amide bonds. The maximum atomic E-state index is 12.8. The van der Waals surface area contributed by atoms with Gasteiger partial charge in [0.05, 0.1) is 12.2 Å². The molecule has 2 heterocycles. The summed E-state index contributed by atoms with van der Waals surface area (Å²) in [5, 5.41) is 8.24. The van der Waals surface area contributed by atoms with Crippen molar-refractivity contribution < 1.29 is 9.32 Å². The maximum Gasteiger partial charge on any atom is 0.276 e. The number of rotatable bonds is 3. The zero-order valence-corrected chi connectivity index (χ0v) is 15.2. The zero-order valence-electron chi connectivity index (χ0n) is 15.2. The minimum absolute atomic E-state index is 0.0873. The lowest BCUT2D eigenvalue weighted by atomic mass is 9.71. The van der Waals surface area contributed by atoms with E-state index in [9.17, 15) is 4.79 Å². The number of hydrogen-bond acceptors (Lipinski definition) is 4. The van der Waals surface area contributed by atoms with Crippen LogP contribution in [0.3, 0.4) is 0 Å². The quantitative estimate of drug-likeness (QED) is 0.868. The van der Waals surface area contributed by atoms with Gasteiger partial charge in [-0.15, -0.1) is 0 Å². The molecule has 0 aliphatic heterocycles. The fourth-order valence-electron chi connectivity index (χ4n) is 3.36. The lowest BCUT2D eigenvalue weighted by Crippen LogP contribution is -2.31. The summed E-state index contributed by atoms with van der Waals surface area (Å²) in [6.07, 6.45) is 4.55. The molecule has 0 saturated heterocycles. The first-order valence-corrected chi connectivity index (χ1v) is 8.47. The van der Waals surface area contributed by atoms with Gasteiger partial charge in [0.15, 0.2) is 5.69 Å². The van der Waals surface area contributed by atoms with Gasteiger partial charge in [-0.1, -0.05) is 25.9 Å². The number of amides is 1. The Bertz CT molecular complexity index is 739. The van der Waals surface area contributed by atoms with E-state index in [1.54, 1.807) is 22.8 Å². The van der Waals surface area contributed by atoms with Crippen LogP contribution < -0.4 is 0 Å². The molecule has 0 saturated carbocycles. The van der Waals surface area contributed by atoms with E-state index in [2.05, 4.69) is 31.0 Å². The van der Waals surface area contributed by atoms with E-state index in [0.29, 0.717) is 18.2 Å². The van der Waals surface area contributed by atoms with E-state index < -0.39 is 0 Å². The largest absolute Gasteiger partial charge is 0.360 e. The van der Waals surface area contributed by atoms with Gasteiger partial charge in [-0.25, -0.2) is 0 Å². The van der Waals surface area contributed by atoms with E-state index >= 15 is 0 Å². The van der Waals surface area contributed by atoms with Crippen LogP contribution in [0.15, 0.2) is 16.8 Å².